The number of aromatic nitrogens is 2. The van der Waals surface area contributed by atoms with Crippen LogP contribution in [0.3, 0.4) is 0 Å². The normalized spacial score (nSPS) is 25.4. The average molecular weight is 625 g/mol. The lowest BCUT2D eigenvalue weighted by Gasteiger charge is -2.28. The number of imidazole rings is 1. The van der Waals surface area contributed by atoms with E-state index in [1.54, 1.807) is 13.8 Å². The highest BCUT2D eigenvalue weighted by atomic mass is 32.2. The minimum atomic E-state index is -4.00. The highest BCUT2D eigenvalue weighted by Crippen LogP contribution is 2.47. The number of nitrogens with two attached hydrogens (primary N) is 1. The van der Waals surface area contributed by atoms with Gasteiger partial charge in [-0.05, 0) is 26.3 Å². The molecule has 0 spiro atoms. The van der Waals surface area contributed by atoms with E-state index in [1.807, 2.05) is 30.3 Å². The van der Waals surface area contributed by atoms with Crippen molar-refractivity contribution in [2.75, 3.05) is 25.6 Å². The third-order valence-corrected chi connectivity index (χ3v) is 9.56. The molecule has 2 aliphatic rings. The van der Waals surface area contributed by atoms with E-state index in [0.29, 0.717) is 11.4 Å². The second-order valence-corrected chi connectivity index (χ2v) is 13.6. The van der Waals surface area contributed by atoms with Gasteiger partial charge < -0.3 is 31.1 Å². The number of rotatable bonds is 13. The Balaban J connectivity index is 1.45. The number of nitrogens with zero attached hydrogens (tertiary/aromatic N) is 3. The first-order valence-corrected chi connectivity index (χ1v) is 15.7. The quantitative estimate of drug-likeness (QED) is 0.139. The molecular formula is C26H37N6O8PS. The summed E-state index contributed by atoms with van der Waals surface area (Å²) in [5.41, 5.74) is 4.72. The molecule has 1 saturated heterocycles. The maximum Gasteiger partial charge on any atom is 0.405 e. The molecule has 2 aliphatic heterocycles. The van der Waals surface area contributed by atoms with Crippen LogP contribution >= 0.6 is 19.5 Å². The molecule has 42 heavy (non-hydrogen) atoms. The Morgan fingerprint density at radius 1 is 1.36 bits per heavy atom. The Labute approximate surface area is 247 Å². The fourth-order valence-corrected chi connectivity index (χ4v) is 6.46. The van der Waals surface area contributed by atoms with Crippen LogP contribution in [0.4, 0.5) is 5.82 Å². The molecule has 3 heterocycles. The fraction of sp³-hybridized carbons (Fsp3) is 0.500. The first-order chi connectivity index (χ1) is 19.8. The SMILES string of the molecule is C=C1NC(N)=Nc2c1ncn2[C@@H]1O[C@H](COP(=O)(NCc2ccccc2)OCCSC(=O)C(C)(C)CO)[C@@H](O)[C@@]1(C)O. The summed E-state index contributed by atoms with van der Waals surface area (Å²) in [5, 5.41) is 37.0. The summed E-state index contributed by atoms with van der Waals surface area (Å²) >= 11 is 0.952. The van der Waals surface area contributed by atoms with E-state index in [2.05, 4.69) is 27.0 Å². The van der Waals surface area contributed by atoms with Gasteiger partial charge in [-0.1, -0.05) is 48.7 Å². The second kappa shape index (κ2) is 13.0. The fourth-order valence-electron chi connectivity index (χ4n) is 4.22. The van der Waals surface area contributed by atoms with Crippen molar-refractivity contribution in [1.29, 1.82) is 0 Å². The van der Waals surface area contributed by atoms with Crippen LogP contribution in [0.1, 0.15) is 38.3 Å². The van der Waals surface area contributed by atoms with Crippen molar-refractivity contribution in [1.82, 2.24) is 20.0 Å². The number of ether oxygens (including phenoxy) is 1. The molecule has 4 rings (SSSR count). The molecular weight excluding hydrogens is 587 g/mol. The van der Waals surface area contributed by atoms with Gasteiger partial charge in [0.2, 0.25) is 0 Å². The van der Waals surface area contributed by atoms with Crippen molar-refractivity contribution >= 4 is 42.1 Å². The number of aliphatic imine (C=N–C) groups is 1. The second-order valence-electron chi connectivity index (χ2n) is 10.7. The van der Waals surface area contributed by atoms with Gasteiger partial charge >= 0.3 is 7.75 Å². The molecule has 0 saturated carbocycles. The molecule has 1 fully saturated rings. The zero-order chi connectivity index (χ0) is 30.7. The summed E-state index contributed by atoms with van der Waals surface area (Å²) in [6.07, 6.45) is -2.33. The maximum absolute atomic E-state index is 13.7. The number of hydrogen-bond acceptors (Lipinski definition) is 13. The van der Waals surface area contributed by atoms with Gasteiger partial charge in [-0.25, -0.2) is 14.6 Å². The number of benzene rings is 1. The molecule has 14 nitrogen and oxygen atoms in total. The molecule has 0 radical (unpaired) electrons. The third-order valence-electron chi connectivity index (χ3n) is 6.82. The number of carbonyl (C=O) groups is 1. The van der Waals surface area contributed by atoms with Crippen molar-refractivity contribution in [2.24, 2.45) is 16.1 Å². The van der Waals surface area contributed by atoms with E-state index in [4.69, 9.17) is 19.5 Å². The van der Waals surface area contributed by atoms with Gasteiger partial charge in [-0.15, -0.1) is 0 Å². The molecule has 2 aromatic rings. The first-order valence-electron chi connectivity index (χ1n) is 13.2. The topological polar surface area (TPSA) is 203 Å². The molecule has 16 heteroatoms. The van der Waals surface area contributed by atoms with Gasteiger partial charge in [-0.2, -0.15) is 4.99 Å². The summed E-state index contributed by atoms with van der Waals surface area (Å²) in [6, 6.07) is 9.18. The molecule has 1 unspecified atom stereocenters. The predicted molar refractivity (Wildman–Crippen MR) is 157 cm³/mol. The molecule has 1 aromatic carbocycles. The highest BCUT2D eigenvalue weighted by Gasteiger charge is 2.54. The number of thioether (sulfide) groups is 1. The van der Waals surface area contributed by atoms with E-state index in [9.17, 15) is 24.7 Å². The van der Waals surface area contributed by atoms with E-state index in [-0.39, 0.29) is 42.4 Å². The molecule has 0 bridgehead atoms. The smallest absolute Gasteiger partial charge is 0.395 e. The highest BCUT2D eigenvalue weighted by molar-refractivity contribution is 8.13. The summed E-state index contributed by atoms with van der Waals surface area (Å²) in [5.74, 6) is 0.525. The van der Waals surface area contributed by atoms with Crippen LogP contribution in [0, 0.1) is 5.41 Å². The lowest BCUT2D eigenvalue weighted by Crippen LogP contribution is -2.44. The van der Waals surface area contributed by atoms with Crippen molar-refractivity contribution in [3.63, 3.8) is 0 Å². The zero-order valence-corrected chi connectivity index (χ0v) is 25.3. The summed E-state index contributed by atoms with van der Waals surface area (Å²) in [7, 11) is -4.00. The standard InChI is InChI=1S/C26H37N6O8PS/c1-16-19-21(31-24(27)30-16)32(15-28-19)22-26(4,36)20(34)18(40-22)13-39-41(37,29-12-17-8-6-5-7-9-17)38-10-11-42-23(35)25(2,3)14-33/h5-9,15,18,20,22,33-34,36H,1,10-14H2,2-4H3,(H,29,37)(H3,27,30,31)/t18-,20-,22-,26-,41?/m1/s1. The molecule has 0 aliphatic carbocycles. The van der Waals surface area contributed by atoms with Crippen LogP contribution < -0.4 is 16.1 Å². The third kappa shape index (κ3) is 7.13. The Bertz CT molecular complexity index is 1370. The zero-order valence-electron chi connectivity index (χ0n) is 23.6. The van der Waals surface area contributed by atoms with Crippen molar-refractivity contribution in [3.8, 4) is 0 Å². The first kappa shape index (κ1) is 32.3. The molecule has 230 valence electrons. The van der Waals surface area contributed by atoms with Gasteiger partial charge in [0.25, 0.3) is 0 Å². The number of aliphatic hydroxyl groups excluding tert-OH is 2. The Morgan fingerprint density at radius 3 is 2.76 bits per heavy atom. The van der Waals surface area contributed by atoms with E-state index < -0.39 is 43.8 Å². The van der Waals surface area contributed by atoms with Gasteiger partial charge in [0.05, 0.1) is 37.3 Å². The monoisotopic (exact) mass is 624 g/mol. The van der Waals surface area contributed by atoms with Crippen molar-refractivity contribution in [3.05, 3.63) is 54.5 Å². The van der Waals surface area contributed by atoms with Gasteiger partial charge in [-0.3, -0.25) is 18.4 Å². The average Bonchev–Trinajstić information content (AvgIpc) is 3.47. The lowest BCUT2D eigenvalue weighted by atomic mass is 9.96. The number of aliphatic hydroxyl groups is 3. The van der Waals surface area contributed by atoms with E-state index >= 15 is 0 Å². The van der Waals surface area contributed by atoms with Gasteiger partial charge in [0, 0.05) is 12.3 Å². The van der Waals surface area contributed by atoms with Crippen LogP contribution in [0.15, 0.2) is 48.2 Å². The largest absolute Gasteiger partial charge is 0.405 e. The number of hydrogen-bond donors (Lipinski definition) is 6. The Morgan fingerprint density at radius 2 is 2.07 bits per heavy atom. The molecule has 1 aromatic heterocycles. The lowest BCUT2D eigenvalue weighted by molar-refractivity contribution is -0.119. The van der Waals surface area contributed by atoms with Gasteiger partial charge in [0.15, 0.2) is 23.1 Å². The molecule has 0 amide bonds. The molecule has 7 N–H and O–H groups in total. The number of nitrogens with one attached hydrogen (secondary N) is 2. The van der Waals surface area contributed by atoms with Gasteiger partial charge in [0.1, 0.15) is 23.5 Å². The van der Waals surface area contributed by atoms with Crippen LogP contribution in [0.25, 0.3) is 5.70 Å². The Kier molecular flexibility index (Phi) is 9.97. The van der Waals surface area contributed by atoms with Crippen molar-refractivity contribution < 1.29 is 38.5 Å². The van der Waals surface area contributed by atoms with E-state index in [1.165, 1.54) is 17.8 Å². The summed E-state index contributed by atoms with van der Waals surface area (Å²) in [4.78, 5) is 20.8. The van der Waals surface area contributed by atoms with Crippen LogP contribution in [-0.2, 0) is 29.7 Å². The Hall–Kier alpha value is -2.59. The summed E-state index contributed by atoms with van der Waals surface area (Å²) < 4.78 is 32.5. The van der Waals surface area contributed by atoms with E-state index in [0.717, 1.165) is 17.3 Å². The molecule has 5 atom stereocenters. The minimum Gasteiger partial charge on any atom is -0.395 e. The predicted octanol–water partition coefficient (Wildman–Crippen LogP) is 1.62. The number of fused-ring (bicyclic) bond motifs is 1. The van der Waals surface area contributed by atoms with Crippen LogP contribution in [0.2, 0.25) is 0 Å². The minimum absolute atomic E-state index is 0.0784. The van der Waals surface area contributed by atoms with Crippen molar-refractivity contribution in [2.45, 2.75) is 51.4 Å². The number of carbonyl (C=O) groups excluding carboxylic acids is 1. The maximum atomic E-state index is 13.7. The van der Waals surface area contributed by atoms with Crippen LogP contribution in [0.5, 0.6) is 0 Å². The van der Waals surface area contributed by atoms with Crippen LogP contribution in [-0.4, -0.2) is 79.3 Å². The summed E-state index contributed by atoms with van der Waals surface area (Å²) in [6.45, 7) is 7.83. The number of guanidine groups is 1.